The van der Waals surface area contributed by atoms with Crippen molar-refractivity contribution in [2.24, 2.45) is 0 Å². The smallest absolute Gasteiger partial charge is 0.300 e. The number of anilines is 1. The average Bonchev–Trinajstić information content (AvgIpc) is 3.02. The van der Waals surface area contributed by atoms with E-state index >= 15 is 0 Å². The predicted octanol–water partition coefficient (Wildman–Crippen LogP) is 5.25. The molecule has 162 valence electrons. The third kappa shape index (κ3) is 3.56. The molecule has 1 aliphatic heterocycles. The van der Waals surface area contributed by atoms with Crippen LogP contribution in [0, 0.1) is 27.7 Å². The molecule has 1 aliphatic rings. The van der Waals surface area contributed by atoms with Crippen molar-refractivity contribution in [2.75, 3.05) is 4.90 Å². The van der Waals surface area contributed by atoms with E-state index in [1.807, 2.05) is 58.0 Å². The highest BCUT2D eigenvalue weighted by atomic mass is 16.3. The zero-order chi connectivity index (χ0) is 23.2. The first-order valence-corrected chi connectivity index (χ1v) is 10.4. The van der Waals surface area contributed by atoms with Crippen LogP contribution in [-0.4, -0.2) is 21.9 Å². The molecule has 0 spiro atoms. The van der Waals surface area contributed by atoms with Crippen LogP contribution in [0.5, 0.6) is 5.75 Å². The third-order valence-electron chi connectivity index (χ3n) is 5.97. The number of aromatic hydroxyl groups is 1. The lowest BCUT2D eigenvalue weighted by molar-refractivity contribution is -0.132. The third-order valence-corrected chi connectivity index (χ3v) is 5.97. The number of hydrogen-bond donors (Lipinski definition) is 2. The monoisotopic (exact) mass is 427 g/mol. The Hall–Kier alpha value is -3.86. The van der Waals surface area contributed by atoms with Crippen LogP contribution in [0.25, 0.3) is 5.76 Å². The molecular formula is C27H25NO4. The standard InChI is InChI=1S/C27H25NO4/c1-15-6-5-7-19(12-15)24-23(25(30)20-10-9-17(3)18(4)14-20)26(31)27(32)28(24)21-13-16(2)8-11-22(21)29/h5-14,24,29-30H,1-4H3/b25-23-. The summed E-state index contributed by atoms with van der Waals surface area (Å²) in [6.07, 6.45) is 0. The Kier molecular flexibility index (Phi) is 5.35. The number of hydrogen-bond acceptors (Lipinski definition) is 4. The van der Waals surface area contributed by atoms with E-state index in [0.29, 0.717) is 11.1 Å². The van der Waals surface area contributed by atoms with E-state index in [-0.39, 0.29) is 22.8 Å². The number of nitrogens with zero attached hydrogens (tertiary/aromatic N) is 1. The second-order valence-corrected chi connectivity index (χ2v) is 8.37. The van der Waals surface area contributed by atoms with E-state index in [0.717, 1.165) is 22.3 Å². The minimum Gasteiger partial charge on any atom is -0.507 e. The number of phenols is 1. The summed E-state index contributed by atoms with van der Waals surface area (Å²) >= 11 is 0. The molecule has 3 aromatic carbocycles. The molecular weight excluding hydrogens is 402 g/mol. The minimum atomic E-state index is -0.871. The molecule has 4 rings (SSSR count). The molecule has 5 heteroatoms. The van der Waals surface area contributed by atoms with Gasteiger partial charge in [-0.05, 0) is 68.1 Å². The summed E-state index contributed by atoms with van der Waals surface area (Å²) in [6, 6.07) is 16.9. The topological polar surface area (TPSA) is 77.8 Å². The number of Topliss-reactive ketones (excluding diaryl/α,β-unsaturated/α-hetero) is 1. The number of aliphatic hydroxyl groups excluding tert-OH is 1. The molecule has 0 radical (unpaired) electrons. The Morgan fingerprint density at radius 3 is 2.25 bits per heavy atom. The summed E-state index contributed by atoms with van der Waals surface area (Å²) in [5.74, 6) is -1.91. The average molecular weight is 428 g/mol. The first kappa shape index (κ1) is 21.4. The van der Waals surface area contributed by atoms with Gasteiger partial charge in [0.2, 0.25) is 0 Å². The van der Waals surface area contributed by atoms with Crippen LogP contribution in [0.1, 0.15) is 39.4 Å². The maximum atomic E-state index is 13.2. The highest BCUT2D eigenvalue weighted by Crippen LogP contribution is 2.45. The quantitative estimate of drug-likeness (QED) is 0.340. The van der Waals surface area contributed by atoms with Crippen LogP contribution in [0.15, 0.2) is 66.2 Å². The van der Waals surface area contributed by atoms with E-state index in [2.05, 4.69) is 0 Å². The summed E-state index contributed by atoms with van der Waals surface area (Å²) in [6.45, 7) is 7.65. The van der Waals surface area contributed by atoms with E-state index in [4.69, 9.17) is 0 Å². The molecule has 1 saturated heterocycles. The van der Waals surface area contributed by atoms with Gasteiger partial charge in [0, 0.05) is 5.56 Å². The van der Waals surface area contributed by atoms with Crippen LogP contribution >= 0.6 is 0 Å². The fraction of sp³-hybridized carbons (Fsp3) is 0.185. The summed E-state index contributed by atoms with van der Waals surface area (Å²) in [4.78, 5) is 27.7. The van der Waals surface area contributed by atoms with Crippen LogP contribution in [0.4, 0.5) is 5.69 Å². The molecule has 1 fully saturated rings. The van der Waals surface area contributed by atoms with Crippen molar-refractivity contribution in [3.63, 3.8) is 0 Å². The van der Waals surface area contributed by atoms with Crippen LogP contribution < -0.4 is 4.90 Å². The van der Waals surface area contributed by atoms with Gasteiger partial charge in [-0.3, -0.25) is 14.5 Å². The van der Waals surface area contributed by atoms with Gasteiger partial charge in [-0.25, -0.2) is 0 Å². The van der Waals surface area contributed by atoms with Gasteiger partial charge in [0.05, 0.1) is 17.3 Å². The van der Waals surface area contributed by atoms with E-state index in [1.165, 1.54) is 11.0 Å². The van der Waals surface area contributed by atoms with Crippen LogP contribution in [0.2, 0.25) is 0 Å². The number of aliphatic hydroxyl groups is 1. The number of ketones is 1. The summed E-state index contributed by atoms with van der Waals surface area (Å²) in [5.41, 5.74) is 5.19. The molecule has 3 aromatic rings. The number of rotatable bonds is 3. The number of aryl methyl sites for hydroxylation is 4. The Balaban J connectivity index is 2.00. The van der Waals surface area contributed by atoms with Crippen molar-refractivity contribution < 1.29 is 19.8 Å². The molecule has 0 aliphatic carbocycles. The summed E-state index contributed by atoms with van der Waals surface area (Å²) in [5, 5.41) is 21.8. The second-order valence-electron chi connectivity index (χ2n) is 8.37. The van der Waals surface area contributed by atoms with E-state index in [9.17, 15) is 19.8 Å². The molecule has 1 atom stereocenters. The lowest BCUT2D eigenvalue weighted by Gasteiger charge is -2.26. The van der Waals surface area contributed by atoms with Crippen LogP contribution in [-0.2, 0) is 9.59 Å². The summed E-state index contributed by atoms with van der Waals surface area (Å²) < 4.78 is 0. The molecule has 2 N–H and O–H groups in total. The Labute approximate surface area is 187 Å². The largest absolute Gasteiger partial charge is 0.507 e. The van der Waals surface area contributed by atoms with Gasteiger partial charge in [-0.1, -0.05) is 48.0 Å². The van der Waals surface area contributed by atoms with Crippen molar-refractivity contribution in [1.82, 2.24) is 0 Å². The fourth-order valence-corrected chi connectivity index (χ4v) is 4.11. The zero-order valence-electron chi connectivity index (χ0n) is 18.5. The van der Waals surface area contributed by atoms with Crippen molar-refractivity contribution in [3.05, 3.63) is 99.6 Å². The molecule has 1 unspecified atom stereocenters. The van der Waals surface area contributed by atoms with Crippen molar-refractivity contribution in [1.29, 1.82) is 0 Å². The number of carbonyl (C=O) groups is 2. The Morgan fingerprint density at radius 2 is 1.56 bits per heavy atom. The van der Waals surface area contributed by atoms with Crippen molar-refractivity contribution in [2.45, 2.75) is 33.7 Å². The SMILES string of the molecule is Cc1cccc(C2/C(=C(/O)c3ccc(C)c(C)c3)C(=O)C(=O)N2c2cc(C)ccc2O)c1. The molecule has 0 aromatic heterocycles. The molecule has 32 heavy (non-hydrogen) atoms. The Bertz CT molecular complexity index is 1290. The first-order chi connectivity index (χ1) is 15.2. The van der Waals surface area contributed by atoms with E-state index < -0.39 is 17.7 Å². The van der Waals surface area contributed by atoms with Crippen molar-refractivity contribution in [3.8, 4) is 5.75 Å². The number of amides is 1. The highest BCUT2D eigenvalue weighted by molar-refractivity contribution is 6.51. The van der Waals surface area contributed by atoms with Gasteiger partial charge in [-0.15, -0.1) is 0 Å². The normalized spacial score (nSPS) is 17.8. The fourth-order valence-electron chi connectivity index (χ4n) is 4.11. The van der Waals surface area contributed by atoms with Gasteiger partial charge >= 0.3 is 0 Å². The molecule has 0 bridgehead atoms. The van der Waals surface area contributed by atoms with Gasteiger partial charge in [-0.2, -0.15) is 0 Å². The lowest BCUT2D eigenvalue weighted by atomic mass is 9.93. The second kappa shape index (κ2) is 8.00. The number of benzene rings is 3. The van der Waals surface area contributed by atoms with Crippen LogP contribution in [0.3, 0.4) is 0 Å². The van der Waals surface area contributed by atoms with Gasteiger partial charge in [0.1, 0.15) is 11.5 Å². The maximum Gasteiger partial charge on any atom is 0.300 e. The molecule has 1 heterocycles. The number of carbonyl (C=O) groups excluding carboxylic acids is 2. The van der Waals surface area contributed by atoms with Gasteiger partial charge < -0.3 is 10.2 Å². The maximum absolute atomic E-state index is 13.2. The first-order valence-electron chi connectivity index (χ1n) is 10.4. The number of phenolic OH excluding ortho intramolecular Hbond substituents is 1. The van der Waals surface area contributed by atoms with Crippen molar-refractivity contribution >= 4 is 23.1 Å². The molecule has 0 saturated carbocycles. The molecule has 5 nitrogen and oxygen atoms in total. The Morgan fingerprint density at radius 1 is 0.844 bits per heavy atom. The van der Waals surface area contributed by atoms with E-state index in [1.54, 1.807) is 24.3 Å². The minimum absolute atomic E-state index is 0.00441. The summed E-state index contributed by atoms with van der Waals surface area (Å²) in [7, 11) is 0. The molecule has 1 amide bonds. The predicted molar refractivity (Wildman–Crippen MR) is 125 cm³/mol. The zero-order valence-corrected chi connectivity index (χ0v) is 18.5. The highest BCUT2D eigenvalue weighted by Gasteiger charge is 2.47. The van der Waals surface area contributed by atoms with Gasteiger partial charge in [0.15, 0.2) is 0 Å². The van der Waals surface area contributed by atoms with Gasteiger partial charge in [0.25, 0.3) is 11.7 Å². The lowest BCUT2D eigenvalue weighted by Crippen LogP contribution is -2.29.